The van der Waals surface area contributed by atoms with E-state index in [1.165, 1.54) is 13.4 Å². The number of hydrogen-bond acceptors (Lipinski definition) is 9. The highest BCUT2D eigenvalue weighted by Gasteiger charge is 2.37. The fourth-order valence-electron chi connectivity index (χ4n) is 5.97. The van der Waals surface area contributed by atoms with Crippen molar-refractivity contribution < 1.29 is 27.4 Å². The molecular weight excluding hydrogens is 592 g/mol. The van der Waals surface area contributed by atoms with Gasteiger partial charge in [-0.15, -0.1) is 0 Å². The molecule has 0 saturated heterocycles. The van der Waals surface area contributed by atoms with Gasteiger partial charge in [0.25, 0.3) is 0 Å². The van der Waals surface area contributed by atoms with Crippen LogP contribution < -0.4 is 9.64 Å². The summed E-state index contributed by atoms with van der Waals surface area (Å²) in [6.45, 7) is 13.5. The van der Waals surface area contributed by atoms with E-state index in [1.54, 1.807) is 12.4 Å². The van der Waals surface area contributed by atoms with Crippen molar-refractivity contribution in [2.24, 2.45) is 0 Å². The number of ether oxygens (including phenoxy) is 3. The van der Waals surface area contributed by atoms with E-state index < -0.39 is 27.5 Å². The lowest BCUT2D eigenvalue weighted by Crippen LogP contribution is -2.32. The summed E-state index contributed by atoms with van der Waals surface area (Å²) in [6.07, 6.45) is 3.82. The maximum Gasteiger partial charge on any atom is 0.339 e. The SMILES string of the molecule is COC(=O)[C@@H](OC(C)(C)C)c1c(C)c2c3c(cc(C)n3CCN2c2ncc(OCCCS(C)(=O)=O)cn2)c1-c1ccc(C)cc1. The Balaban J connectivity index is 1.68. The van der Waals surface area contributed by atoms with Crippen molar-refractivity contribution in [2.75, 3.05) is 37.2 Å². The second-order valence-corrected chi connectivity index (χ2v) is 14.9. The van der Waals surface area contributed by atoms with Gasteiger partial charge in [0.05, 0.1) is 48.7 Å². The number of methoxy groups -OCH3 is 1. The molecule has 0 bridgehead atoms. The van der Waals surface area contributed by atoms with Crippen LogP contribution >= 0.6 is 0 Å². The van der Waals surface area contributed by atoms with Gasteiger partial charge in [-0.25, -0.2) is 23.2 Å². The Hall–Kier alpha value is -3.96. The lowest BCUT2D eigenvalue weighted by atomic mass is 9.87. The maximum absolute atomic E-state index is 13.5. The summed E-state index contributed by atoms with van der Waals surface area (Å²) in [5.74, 6) is 0.541. The van der Waals surface area contributed by atoms with Crippen LogP contribution in [-0.4, -0.2) is 66.8 Å². The minimum atomic E-state index is -3.05. The molecule has 0 radical (unpaired) electrons. The number of aromatic nitrogens is 3. The number of aryl methyl sites for hydroxylation is 2. The Bertz CT molecular complexity index is 1820. The molecule has 4 aromatic rings. The average Bonchev–Trinajstić information content (AvgIpc) is 3.31. The van der Waals surface area contributed by atoms with Gasteiger partial charge in [-0.3, -0.25) is 0 Å². The van der Waals surface area contributed by atoms with E-state index in [-0.39, 0.29) is 12.4 Å². The summed E-state index contributed by atoms with van der Waals surface area (Å²) in [7, 11) is -1.67. The predicted octanol–water partition coefficient (Wildman–Crippen LogP) is 6.02. The predicted molar refractivity (Wildman–Crippen MR) is 176 cm³/mol. The zero-order valence-corrected chi connectivity index (χ0v) is 28.1. The number of sulfone groups is 1. The third-order valence-corrected chi connectivity index (χ3v) is 8.95. The van der Waals surface area contributed by atoms with Crippen LogP contribution in [0.3, 0.4) is 0 Å². The van der Waals surface area contributed by atoms with Gasteiger partial charge in [0.1, 0.15) is 9.84 Å². The molecule has 1 aliphatic heterocycles. The summed E-state index contributed by atoms with van der Waals surface area (Å²) in [4.78, 5) is 24.9. The first-order chi connectivity index (χ1) is 21.2. The van der Waals surface area contributed by atoms with Crippen LogP contribution in [0.2, 0.25) is 0 Å². The first-order valence-electron chi connectivity index (χ1n) is 15.1. The topological polar surface area (TPSA) is 113 Å². The van der Waals surface area contributed by atoms with Gasteiger partial charge in [0.2, 0.25) is 5.95 Å². The first-order valence-corrected chi connectivity index (χ1v) is 17.1. The molecule has 2 aromatic carbocycles. The van der Waals surface area contributed by atoms with Gasteiger partial charge >= 0.3 is 5.97 Å². The van der Waals surface area contributed by atoms with Crippen molar-refractivity contribution in [3.8, 4) is 16.9 Å². The number of nitrogens with zero attached hydrogens (tertiary/aromatic N) is 4. The van der Waals surface area contributed by atoms with Gasteiger partial charge in [0.15, 0.2) is 11.9 Å². The highest BCUT2D eigenvalue weighted by molar-refractivity contribution is 7.90. The number of rotatable bonds is 10. The van der Waals surface area contributed by atoms with Crippen LogP contribution in [-0.2, 0) is 30.7 Å². The summed E-state index contributed by atoms with van der Waals surface area (Å²) in [6, 6.07) is 10.5. The molecule has 3 heterocycles. The van der Waals surface area contributed by atoms with E-state index in [0.717, 1.165) is 56.6 Å². The third-order valence-electron chi connectivity index (χ3n) is 7.92. The van der Waals surface area contributed by atoms with Gasteiger partial charge in [-0.05, 0) is 70.7 Å². The Morgan fingerprint density at radius 1 is 1.04 bits per heavy atom. The first kappa shape index (κ1) is 32.4. The Labute approximate surface area is 265 Å². The Kier molecular flexibility index (Phi) is 8.97. The number of benzene rings is 2. The van der Waals surface area contributed by atoms with E-state index in [2.05, 4.69) is 63.6 Å². The average molecular weight is 635 g/mol. The summed E-state index contributed by atoms with van der Waals surface area (Å²) >= 11 is 0. The molecule has 240 valence electrons. The monoisotopic (exact) mass is 634 g/mol. The molecule has 0 N–H and O–H groups in total. The standard InChI is InChI=1S/C34H42N4O6S/c1-21-10-12-24(13-11-21)28-26-18-22(2)37-14-15-38(33-35-19-25(20-36-33)43-16-9-17-45(8,40)41)29(30(26)37)23(3)27(28)31(32(39)42-7)44-34(4,5)6/h10-13,18-20,31H,9,14-17H2,1-8H3/t31-/m0/s1. The minimum Gasteiger partial charge on any atom is -0.490 e. The molecule has 0 unspecified atom stereocenters. The zero-order chi connectivity index (χ0) is 32.7. The molecule has 0 spiro atoms. The highest BCUT2D eigenvalue weighted by Crippen LogP contribution is 2.49. The van der Waals surface area contributed by atoms with E-state index in [9.17, 15) is 13.2 Å². The molecule has 1 aliphatic rings. The normalized spacial score (nSPS) is 14.1. The second-order valence-electron chi connectivity index (χ2n) is 12.7. The van der Waals surface area contributed by atoms with Crippen LogP contribution in [0.4, 0.5) is 11.6 Å². The smallest absolute Gasteiger partial charge is 0.339 e. The zero-order valence-electron chi connectivity index (χ0n) is 27.3. The molecule has 10 nitrogen and oxygen atoms in total. The van der Waals surface area contributed by atoms with Crippen LogP contribution in [0.15, 0.2) is 42.7 Å². The maximum atomic E-state index is 13.5. The number of hydrogen-bond donors (Lipinski definition) is 0. The molecule has 11 heteroatoms. The van der Waals surface area contributed by atoms with E-state index in [0.29, 0.717) is 24.7 Å². The Morgan fingerprint density at radius 2 is 1.71 bits per heavy atom. The third kappa shape index (κ3) is 6.84. The number of carbonyl (C=O) groups excluding carboxylic acids is 1. The summed E-state index contributed by atoms with van der Waals surface area (Å²) in [5, 5.41) is 1.01. The van der Waals surface area contributed by atoms with Gasteiger partial charge in [-0.2, -0.15) is 0 Å². The minimum absolute atomic E-state index is 0.0560. The molecule has 1 atom stereocenters. The van der Waals surface area contributed by atoms with Crippen LogP contribution in [0.1, 0.15) is 55.7 Å². The van der Waals surface area contributed by atoms with Gasteiger partial charge in [0, 0.05) is 36.0 Å². The van der Waals surface area contributed by atoms with Crippen molar-refractivity contribution in [3.63, 3.8) is 0 Å². The van der Waals surface area contributed by atoms with Crippen molar-refractivity contribution in [3.05, 3.63) is 65.1 Å². The van der Waals surface area contributed by atoms with Crippen LogP contribution in [0, 0.1) is 20.8 Å². The van der Waals surface area contributed by atoms with Crippen molar-refractivity contribution in [1.29, 1.82) is 0 Å². The van der Waals surface area contributed by atoms with Crippen molar-refractivity contribution in [1.82, 2.24) is 14.5 Å². The molecule has 0 amide bonds. The quantitative estimate of drug-likeness (QED) is 0.153. The van der Waals surface area contributed by atoms with Crippen LogP contribution in [0.5, 0.6) is 5.75 Å². The molecular formula is C34H42N4O6S. The molecule has 5 rings (SSSR count). The van der Waals surface area contributed by atoms with E-state index in [4.69, 9.17) is 14.2 Å². The fourth-order valence-corrected chi connectivity index (χ4v) is 6.61. The second kappa shape index (κ2) is 12.4. The number of carbonyl (C=O) groups is 1. The molecule has 0 saturated carbocycles. The number of esters is 1. The molecule has 2 aromatic heterocycles. The summed E-state index contributed by atoms with van der Waals surface area (Å²) in [5.41, 5.74) is 7.11. The lowest BCUT2D eigenvalue weighted by Gasteiger charge is -2.35. The fraction of sp³-hybridized carbons (Fsp3) is 0.441. The largest absolute Gasteiger partial charge is 0.490 e. The molecule has 0 aliphatic carbocycles. The molecule has 0 fully saturated rings. The van der Waals surface area contributed by atoms with Crippen molar-refractivity contribution in [2.45, 2.75) is 66.2 Å². The van der Waals surface area contributed by atoms with Gasteiger partial charge in [-0.1, -0.05) is 29.8 Å². The van der Waals surface area contributed by atoms with Crippen LogP contribution in [0.25, 0.3) is 22.0 Å². The highest BCUT2D eigenvalue weighted by atomic mass is 32.2. The Morgan fingerprint density at radius 3 is 2.31 bits per heavy atom. The van der Waals surface area contributed by atoms with E-state index in [1.807, 2.05) is 27.7 Å². The lowest BCUT2D eigenvalue weighted by molar-refractivity contribution is -0.164. The van der Waals surface area contributed by atoms with Crippen molar-refractivity contribution >= 4 is 38.3 Å². The number of anilines is 2. The van der Waals surface area contributed by atoms with Gasteiger partial charge < -0.3 is 23.7 Å². The molecule has 45 heavy (non-hydrogen) atoms. The summed E-state index contributed by atoms with van der Waals surface area (Å²) < 4.78 is 42.7. The van der Waals surface area contributed by atoms with E-state index >= 15 is 0 Å².